The van der Waals surface area contributed by atoms with Gasteiger partial charge in [0.15, 0.2) is 0 Å². The van der Waals surface area contributed by atoms with Crippen LogP contribution in [0.1, 0.15) is 5.56 Å². The van der Waals surface area contributed by atoms with Gasteiger partial charge in [-0.05, 0) is 41.9 Å². The quantitative estimate of drug-likeness (QED) is 0.631. The Morgan fingerprint density at radius 2 is 1.96 bits per heavy atom. The maximum absolute atomic E-state index is 12.7. The zero-order chi connectivity index (χ0) is 18.4. The molecular formula is C18H15ClN4O3. The number of rotatable bonds is 5. The van der Waals surface area contributed by atoms with E-state index in [1.165, 1.54) is 11.1 Å². The van der Waals surface area contributed by atoms with Crippen LogP contribution in [0, 0.1) is 0 Å². The number of benzene rings is 1. The Morgan fingerprint density at radius 3 is 2.62 bits per heavy atom. The number of halogens is 1. The minimum Gasteiger partial charge on any atom is -0.497 e. The van der Waals surface area contributed by atoms with E-state index in [9.17, 15) is 4.79 Å². The predicted octanol–water partition coefficient (Wildman–Crippen LogP) is 4.01. The number of carbonyl (C=O) groups is 1. The van der Waals surface area contributed by atoms with Crippen LogP contribution in [0.5, 0.6) is 5.75 Å². The van der Waals surface area contributed by atoms with Gasteiger partial charge < -0.3 is 9.47 Å². The van der Waals surface area contributed by atoms with E-state index in [2.05, 4.69) is 15.0 Å². The lowest BCUT2D eigenvalue weighted by Crippen LogP contribution is -2.27. The molecule has 0 fully saturated rings. The molecule has 0 atom stereocenters. The van der Waals surface area contributed by atoms with E-state index >= 15 is 0 Å². The third kappa shape index (κ3) is 4.25. The van der Waals surface area contributed by atoms with Crippen molar-refractivity contribution >= 4 is 29.2 Å². The fourth-order valence-electron chi connectivity index (χ4n) is 2.21. The first-order valence-corrected chi connectivity index (χ1v) is 8.03. The summed E-state index contributed by atoms with van der Waals surface area (Å²) in [6, 6.07) is 12.1. The molecule has 3 aromatic rings. The van der Waals surface area contributed by atoms with Gasteiger partial charge in [0.05, 0.1) is 12.8 Å². The molecule has 0 unspecified atom stereocenters. The summed E-state index contributed by atoms with van der Waals surface area (Å²) in [5, 5.41) is 0.0288. The van der Waals surface area contributed by atoms with Crippen molar-refractivity contribution in [2.75, 3.05) is 12.0 Å². The Labute approximate surface area is 155 Å². The first kappa shape index (κ1) is 17.6. The lowest BCUT2D eigenvalue weighted by Gasteiger charge is -2.21. The van der Waals surface area contributed by atoms with Crippen LogP contribution in [-0.2, 0) is 11.3 Å². The standard InChI is InChI=1S/C18H15ClN4O3/c1-25-15-6-4-14(5-7-15)23(16-8-10-21-17(19)22-16)18(24)26-12-13-3-2-9-20-11-13/h2-11H,12H2,1H3. The second-order valence-electron chi connectivity index (χ2n) is 5.13. The monoisotopic (exact) mass is 370 g/mol. The average Bonchev–Trinajstić information content (AvgIpc) is 2.68. The molecule has 0 spiro atoms. The van der Waals surface area contributed by atoms with Crippen LogP contribution in [0.15, 0.2) is 61.1 Å². The smallest absolute Gasteiger partial charge is 0.420 e. The maximum atomic E-state index is 12.7. The number of nitrogens with zero attached hydrogens (tertiary/aromatic N) is 4. The molecular weight excluding hydrogens is 356 g/mol. The summed E-state index contributed by atoms with van der Waals surface area (Å²) < 4.78 is 10.6. The van der Waals surface area contributed by atoms with E-state index < -0.39 is 6.09 Å². The molecule has 0 N–H and O–H groups in total. The predicted molar refractivity (Wildman–Crippen MR) is 96.6 cm³/mol. The summed E-state index contributed by atoms with van der Waals surface area (Å²) in [6.45, 7) is 0.0815. The SMILES string of the molecule is COc1ccc(N(C(=O)OCc2cccnc2)c2ccnc(Cl)n2)cc1. The molecule has 132 valence electrons. The van der Waals surface area contributed by atoms with Crippen molar-refractivity contribution in [3.05, 3.63) is 71.9 Å². The minimum absolute atomic E-state index is 0.0288. The molecule has 0 bridgehead atoms. The van der Waals surface area contributed by atoms with E-state index in [4.69, 9.17) is 21.1 Å². The number of amides is 1. The van der Waals surface area contributed by atoms with Gasteiger partial charge in [-0.1, -0.05) is 6.07 Å². The minimum atomic E-state index is -0.603. The van der Waals surface area contributed by atoms with E-state index in [-0.39, 0.29) is 11.9 Å². The Balaban J connectivity index is 1.87. The van der Waals surface area contributed by atoms with Crippen LogP contribution in [0.3, 0.4) is 0 Å². The highest BCUT2D eigenvalue weighted by molar-refractivity contribution is 6.28. The van der Waals surface area contributed by atoms with E-state index in [1.54, 1.807) is 55.9 Å². The van der Waals surface area contributed by atoms with Gasteiger partial charge in [0.1, 0.15) is 18.2 Å². The molecule has 0 saturated carbocycles. The van der Waals surface area contributed by atoms with Crippen molar-refractivity contribution in [3.63, 3.8) is 0 Å². The average molecular weight is 371 g/mol. The summed E-state index contributed by atoms with van der Waals surface area (Å²) in [5.74, 6) is 0.963. The number of hydrogen-bond acceptors (Lipinski definition) is 6. The Hall–Kier alpha value is -3.19. The van der Waals surface area contributed by atoms with Crippen LogP contribution in [0.25, 0.3) is 0 Å². The van der Waals surface area contributed by atoms with E-state index in [0.29, 0.717) is 17.3 Å². The normalized spacial score (nSPS) is 10.2. The van der Waals surface area contributed by atoms with Gasteiger partial charge in [-0.15, -0.1) is 0 Å². The number of anilines is 2. The van der Waals surface area contributed by atoms with Gasteiger partial charge in [0.2, 0.25) is 5.28 Å². The number of methoxy groups -OCH3 is 1. The molecule has 3 rings (SSSR count). The molecule has 0 aliphatic heterocycles. The molecule has 1 amide bonds. The number of carbonyl (C=O) groups excluding carboxylic acids is 1. The van der Waals surface area contributed by atoms with Crippen molar-refractivity contribution < 1.29 is 14.3 Å². The summed E-state index contributed by atoms with van der Waals surface area (Å²) in [4.78, 5) is 26.0. The van der Waals surface area contributed by atoms with Crippen molar-refractivity contribution in [3.8, 4) is 5.75 Å². The van der Waals surface area contributed by atoms with Crippen molar-refractivity contribution in [2.24, 2.45) is 0 Å². The number of aromatic nitrogens is 3. The van der Waals surface area contributed by atoms with Crippen molar-refractivity contribution in [1.29, 1.82) is 0 Å². The summed E-state index contributed by atoms with van der Waals surface area (Å²) in [5.41, 5.74) is 1.33. The lowest BCUT2D eigenvalue weighted by atomic mass is 10.2. The van der Waals surface area contributed by atoms with E-state index in [1.807, 2.05) is 6.07 Å². The Bertz CT molecular complexity index is 875. The number of hydrogen-bond donors (Lipinski definition) is 0. The van der Waals surface area contributed by atoms with Crippen molar-refractivity contribution in [1.82, 2.24) is 15.0 Å². The van der Waals surface area contributed by atoms with Crippen LogP contribution in [0.4, 0.5) is 16.3 Å². The fourth-order valence-corrected chi connectivity index (χ4v) is 2.35. The third-order valence-corrected chi connectivity index (χ3v) is 3.62. The highest BCUT2D eigenvalue weighted by atomic mass is 35.5. The van der Waals surface area contributed by atoms with E-state index in [0.717, 1.165) is 5.56 Å². The largest absolute Gasteiger partial charge is 0.497 e. The van der Waals surface area contributed by atoms with Gasteiger partial charge in [-0.2, -0.15) is 4.98 Å². The van der Waals surface area contributed by atoms with Gasteiger partial charge in [-0.3, -0.25) is 4.98 Å². The second-order valence-corrected chi connectivity index (χ2v) is 5.47. The van der Waals surface area contributed by atoms with Crippen LogP contribution >= 0.6 is 11.6 Å². The third-order valence-electron chi connectivity index (χ3n) is 3.44. The van der Waals surface area contributed by atoms with Gasteiger partial charge >= 0.3 is 6.09 Å². The van der Waals surface area contributed by atoms with Gasteiger partial charge in [0, 0.05) is 30.2 Å². The van der Waals surface area contributed by atoms with Gasteiger partial charge in [0.25, 0.3) is 0 Å². The van der Waals surface area contributed by atoms with Crippen LogP contribution in [-0.4, -0.2) is 28.2 Å². The molecule has 26 heavy (non-hydrogen) atoms. The van der Waals surface area contributed by atoms with Crippen molar-refractivity contribution in [2.45, 2.75) is 6.61 Å². The zero-order valence-corrected chi connectivity index (χ0v) is 14.6. The molecule has 7 nitrogen and oxygen atoms in total. The molecule has 2 aromatic heterocycles. The van der Waals surface area contributed by atoms with Gasteiger partial charge in [-0.25, -0.2) is 14.7 Å². The Kier molecular flexibility index (Phi) is 5.60. The molecule has 0 radical (unpaired) electrons. The first-order chi connectivity index (χ1) is 12.7. The summed E-state index contributed by atoms with van der Waals surface area (Å²) in [7, 11) is 1.57. The fraction of sp³-hybridized carbons (Fsp3) is 0.111. The molecule has 8 heteroatoms. The highest BCUT2D eigenvalue weighted by Crippen LogP contribution is 2.27. The molecule has 0 aliphatic carbocycles. The topological polar surface area (TPSA) is 77.4 Å². The zero-order valence-electron chi connectivity index (χ0n) is 13.9. The molecule has 1 aromatic carbocycles. The molecule has 0 saturated heterocycles. The maximum Gasteiger partial charge on any atom is 0.420 e. The first-order valence-electron chi connectivity index (χ1n) is 7.66. The molecule has 2 heterocycles. The number of ether oxygens (including phenoxy) is 2. The Morgan fingerprint density at radius 1 is 1.15 bits per heavy atom. The highest BCUT2D eigenvalue weighted by Gasteiger charge is 2.21. The lowest BCUT2D eigenvalue weighted by molar-refractivity contribution is 0.149. The van der Waals surface area contributed by atoms with Crippen LogP contribution < -0.4 is 9.64 Å². The molecule has 0 aliphatic rings. The number of pyridine rings is 1. The summed E-state index contributed by atoms with van der Waals surface area (Å²) >= 11 is 5.87. The second kappa shape index (κ2) is 8.26. The summed E-state index contributed by atoms with van der Waals surface area (Å²) in [6.07, 6.45) is 4.15. The van der Waals surface area contributed by atoms with Crippen LogP contribution in [0.2, 0.25) is 5.28 Å².